The van der Waals surface area contributed by atoms with Gasteiger partial charge in [0.05, 0.1) is 16.0 Å². The highest BCUT2D eigenvalue weighted by atomic mass is 32.1. The van der Waals surface area contributed by atoms with Gasteiger partial charge >= 0.3 is 6.09 Å². The predicted molar refractivity (Wildman–Crippen MR) is 141 cm³/mol. The maximum Gasteiger partial charge on any atom is 0.436 e. The minimum atomic E-state index is -0.765. The van der Waals surface area contributed by atoms with Crippen LogP contribution in [0.4, 0.5) is 16.3 Å². The topological polar surface area (TPSA) is 106 Å². The molecule has 0 aliphatic rings. The number of ether oxygens (including phenoxy) is 1. The molecule has 9 nitrogen and oxygen atoms in total. The Morgan fingerprint density at radius 2 is 1.69 bits per heavy atom. The summed E-state index contributed by atoms with van der Waals surface area (Å²) in [4.78, 5) is 39.4. The second-order valence-corrected chi connectivity index (χ2v) is 10.0. The highest BCUT2D eigenvalue weighted by Gasteiger charge is 2.26. The number of aromatic nitrogens is 2. The van der Waals surface area contributed by atoms with Crippen molar-refractivity contribution in [2.45, 2.75) is 26.4 Å². The third kappa shape index (κ3) is 5.57. The lowest BCUT2D eigenvalue weighted by Gasteiger charge is -2.19. The monoisotopic (exact) mass is 501 g/mol. The van der Waals surface area contributed by atoms with Gasteiger partial charge in [0.1, 0.15) is 18.3 Å². The lowest BCUT2D eigenvalue weighted by Crippen LogP contribution is -2.38. The van der Waals surface area contributed by atoms with Crippen molar-refractivity contribution in [3.63, 3.8) is 0 Å². The van der Waals surface area contributed by atoms with E-state index in [-0.39, 0.29) is 11.7 Å². The van der Waals surface area contributed by atoms with Crippen LogP contribution in [0.5, 0.6) is 0 Å². The number of rotatable bonds is 5. The van der Waals surface area contributed by atoms with E-state index in [1.165, 1.54) is 0 Å². The molecular weight excluding hydrogens is 477 g/mol. The van der Waals surface area contributed by atoms with E-state index in [0.717, 1.165) is 21.7 Å². The number of carbonyl (C=O) groups is 3. The normalized spacial score (nSPS) is 11.2. The SMILES string of the molecule is [B]c1ccc(C(=O)Nc2nn(C(=O)OC(C)(C)C)c3sc(C(=O)NN(C)c4ccccc4)cc23)cc1. The fraction of sp³-hybridized carbons (Fsp3) is 0.200. The standard InChI is InChI=1S/C25H24BN5O4S/c1-25(2,3)35-24(34)31-23-18(20(28-31)27-21(32)15-10-12-16(26)13-11-15)14-19(36-23)22(33)29-30(4)17-8-6-5-7-9-17/h5-14H,1-4H3,(H,29,33)(H,27,28,32). The van der Waals surface area contributed by atoms with Crippen molar-refractivity contribution >= 4 is 64.3 Å². The van der Waals surface area contributed by atoms with E-state index in [4.69, 9.17) is 12.6 Å². The Morgan fingerprint density at radius 1 is 1.03 bits per heavy atom. The smallest absolute Gasteiger partial charge is 0.436 e. The summed E-state index contributed by atoms with van der Waals surface area (Å²) in [6.45, 7) is 5.21. The Bertz CT molecular complexity index is 1420. The molecule has 4 aromatic rings. The molecule has 2 amide bonds. The molecule has 0 saturated carbocycles. The van der Waals surface area contributed by atoms with E-state index in [1.807, 2.05) is 30.3 Å². The molecule has 182 valence electrons. The second kappa shape index (κ2) is 9.86. The number of nitrogens with zero attached hydrogens (tertiary/aromatic N) is 3. The third-order valence-corrected chi connectivity index (χ3v) is 6.08. The van der Waals surface area contributed by atoms with Crippen LogP contribution in [0, 0.1) is 0 Å². The first-order valence-electron chi connectivity index (χ1n) is 11.0. The molecule has 36 heavy (non-hydrogen) atoms. The van der Waals surface area contributed by atoms with Crippen LogP contribution in [0.2, 0.25) is 0 Å². The van der Waals surface area contributed by atoms with Gasteiger partial charge in [0, 0.05) is 12.6 Å². The number of benzene rings is 2. The number of nitrogens with one attached hydrogen (secondary N) is 2. The number of fused-ring (bicyclic) bond motifs is 1. The first-order valence-corrected chi connectivity index (χ1v) is 11.9. The van der Waals surface area contributed by atoms with Crippen molar-refractivity contribution in [1.29, 1.82) is 0 Å². The third-order valence-electron chi connectivity index (χ3n) is 4.97. The van der Waals surface area contributed by atoms with E-state index < -0.39 is 17.6 Å². The van der Waals surface area contributed by atoms with Crippen LogP contribution in [0.15, 0.2) is 60.7 Å². The molecular formula is C25H24BN5O4S. The molecule has 0 aliphatic carbocycles. The zero-order valence-corrected chi connectivity index (χ0v) is 21.1. The van der Waals surface area contributed by atoms with E-state index >= 15 is 0 Å². The minimum Gasteiger partial charge on any atom is -0.442 e. The molecule has 2 aromatic carbocycles. The van der Waals surface area contributed by atoms with Crippen LogP contribution < -0.4 is 21.2 Å². The first-order chi connectivity index (χ1) is 17.0. The van der Waals surface area contributed by atoms with E-state index in [1.54, 1.807) is 63.2 Å². The summed E-state index contributed by atoms with van der Waals surface area (Å²) in [6, 6.07) is 17.3. The molecule has 2 heterocycles. The summed E-state index contributed by atoms with van der Waals surface area (Å²) in [5, 5.41) is 9.03. The molecule has 4 rings (SSSR count). The molecule has 2 radical (unpaired) electrons. The summed E-state index contributed by atoms with van der Waals surface area (Å²) in [5.41, 5.74) is 3.72. The molecule has 2 N–H and O–H groups in total. The summed E-state index contributed by atoms with van der Waals surface area (Å²) >= 11 is 1.06. The van der Waals surface area contributed by atoms with Crippen molar-refractivity contribution < 1.29 is 19.1 Å². The van der Waals surface area contributed by atoms with Crippen molar-refractivity contribution in [2.24, 2.45) is 0 Å². The molecule has 11 heteroatoms. The predicted octanol–water partition coefficient (Wildman–Crippen LogP) is 3.71. The van der Waals surface area contributed by atoms with E-state index in [9.17, 15) is 14.4 Å². The number of hydrazine groups is 1. The molecule has 0 unspecified atom stereocenters. The van der Waals surface area contributed by atoms with Gasteiger partial charge < -0.3 is 10.1 Å². The summed E-state index contributed by atoms with van der Waals surface area (Å²) in [5.74, 6) is -0.690. The van der Waals surface area contributed by atoms with Gasteiger partial charge in [-0.25, -0.2) is 4.79 Å². The number of amides is 2. The van der Waals surface area contributed by atoms with Crippen LogP contribution in [0.1, 0.15) is 40.8 Å². The van der Waals surface area contributed by atoms with Crippen LogP contribution in [0.3, 0.4) is 0 Å². The van der Waals surface area contributed by atoms with Crippen LogP contribution >= 0.6 is 11.3 Å². The number of thiophene rings is 1. The number of para-hydroxylation sites is 1. The molecule has 0 spiro atoms. The molecule has 0 fully saturated rings. The number of hydrogen-bond donors (Lipinski definition) is 2. The Balaban J connectivity index is 1.67. The highest BCUT2D eigenvalue weighted by molar-refractivity contribution is 7.20. The van der Waals surface area contributed by atoms with E-state index in [0.29, 0.717) is 26.1 Å². The zero-order valence-electron chi connectivity index (χ0n) is 20.2. The van der Waals surface area contributed by atoms with Crippen LogP contribution in [0.25, 0.3) is 10.2 Å². The molecule has 2 aromatic heterocycles. The molecule has 0 saturated heterocycles. The van der Waals surface area contributed by atoms with Crippen molar-refractivity contribution in [2.75, 3.05) is 17.4 Å². The van der Waals surface area contributed by atoms with E-state index in [2.05, 4.69) is 15.8 Å². The summed E-state index contributed by atoms with van der Waals surface area (Å²) < 4.78 is 6.53. The average molecular weight is 501 g/mol. The fourth-order valence-corrected chi connectivity index (χ4v) is 4.27. The van der Waals surface area contributed by atoms with Crippen LogP contribution in [-0.2, 0) is 4.74 Å². The second-order valence-electron chi connectivity index (χ2n) is 8.98. The zero-order chi connectivity index (χ0) is 26.0. The lowest BCUT2D eigenvalue weighted by atomic mass is 9.95. The summed E-state index contributed by atoms with van der Waals surface area (Å²) in [6.07, 6.45) is -0.726. The molecule has 0 aliphatic heterocycles. The maximum atomic E-state index is 13.0. The summed E-state index contributed by atoms with van der Waals surface area (Å²) in [7, 11) is 7.43. The van der Waals surface area contributed by atoms with Gasteiger partial charge in [-0.2, -0.15) is 4.68 Å². The first kappa shape index (κ1) is 25.0. The van der Waals surface area contributed by atoms with Gasteiger partial charge in [-0.1, -0.05) is 47.9 Å². The van der Waals surface area contributed by atoms with Gasteiger partial charge in [-0.05, 0) is 39.0 Å². The largest absolute Gasteiger partial charge is 0.442 e. The Labute approximate surface area is 213 Å². The van der Waals surface area contributed by atoms with Crippen molar-refractivity contribution in [3.05, 3.63) is 71.1 Å². The Kier molecular flexibility index (Phi) is 6.85. The number of anilines is 2. The molecule has 0 bridgehead atoms. The minimum absolute atomic E-state index is 0.129. The highest BCUT2D eigenvalue weighted by Crippen LogP contribution is 2.32. The fourth-order valence-electron chi connectivity index (χ4n) is 3.28. The number of hydrogen-bond acceptors (Lipinski definition) is 7. The molecule has 0 atom stereocenters. The van der Waals surface area contributed by atoms with Gasteiger partial charge in [-0.15, -0.1) is 16.4 Å². The maximum absolute atomic E-state index is 13.0. The van der Waals surface area contributed by atoms with Gasteiger partial charge in [-0.3, -0.25) is 20.0 Å². The van der Waals surface area contributed by atoms with Gasteiger partial charge in [0.2, 0.25) is 0 Å². The Morgan fingerprint density at radius 3 is 2.33 bits per heavy atom. The lowest BCUT2D eigenvalue weighted by molar-refractivity contribution is 0.0523. The van der Waals surface area contributed by atoms with Gasteiger partial charge in [0.15, 0.2) is 5.82 Å². The van der Waals surface area contributed by atoms with Gasteiger partial charge in [0.25, 0.3) is 11.8 Å². The van der Waals surface area contributed by atoms with Crippen LogP contribution in [-0.4, -0.2) is 48.2 Å². The number of carbonyl (C=O) groups excluding carboxylic acids is 3. The Hall–Kier alpha value is -4.12. The van der Waals surface area contributed by atoms with Crippen molar-refractivity contribution in [1.82, 2.24) is 15.2 Å². The van der Waals surface area contributed by atoms with Crippen molar-refractivity contribution in [3.8, 4) is 0 Å². The average Bonchev–Trinajstić information content (AvgIpc) is 3.39. The quantitative estimate of drug-likeness (QED) is 0.319.